The highest BCUT2D eigenvalue weighted by Crippen LogP contribution is 2.19. The molecule has 1 aliphatic heterocycles. The predicted molar refractivity (Wildman–Crippen MR) is 95.5 cm³/mol. The Bertz CT molecular complexity index is 783. The number of nitrogens with zero attached hydrogens (tertiary/aromatic N) is 4. The van der Waals surface area contributed by atoms with Gasteiger partial charge in [0.25, 0.3) is 5.91 Å². The molecule has 2 aromatic rings. The van der Waals surface area contributed by atoms with Crippen LogP contribution in [0.25, 0.3) is 0 Å². The van der Waals surface area contributed by atoms with Gasteiger partial charge in [0.15, 0.2) is 5.82 Å². The van der Waals surface area contributed by atoms with E-state index < -0.39 is 6.04 Å². The molecule has 0 aromatic carbocycles. The van der Waals surface area contributed by atoms with E-state index in [1.807, 2.05) is 20.9 Å². The van der Waals surface area contributed by atoms with Gasteiger partial charge in [0.05, 0.1) is 17.2 Å². The molecule has 3 amide bonds. The molecular formula is C16H22N6O2S. The topological polar surface area (TPSA) is 92.2 Å². The Balaban J connectivity index is 1.57. The summed E-state index contributed by atoms with van der Waals surface area (Å²) in [6, 6.07) is 0.932. The highest BCUT2D eigenvalue weighted by atomic mass is 32.1. The van der Waals surface area contributed by atoms with Crippen LogP contribution in [0.3, 0.4) is 0 Å². The first-order chi connectivity index (χ1) is 11.9. The zero-order valence-corrected chi connectivity index (χ0v) is 15.4. The third-order valence-corrected chi connectivity index (χ3v) is 5.20. The molecular weight excluding hydrogens is 340 g/mol. The maximum Gasteiger partial charge on any atom is 0.315 e. The van der Waals surface area contributed by atoms with Crippen molar-refractivity contribution in [3.05, 3.63) is 27.8 Å². The normalized spacial score (nSPS) is 17.6. The summed E-state index contributed by atoms with van der Waals surface area (Å²) in [5, 5.41) is 10.8. The molecule has 0 bridgehead atoms. The largest absolute Gasteiger partial charge is 0.333 e. The van der Waals surface area contributed by atoms with Crippen molar-refractivity contribution in [2.75, 3.05) is 11.4 Å². The second-order valence-electron chi connectivity index (χ2n) is 6.10. The maximum atomic E-state index is 12.6. The van der Waals surface area contributed by atoms with Crippen LogP contribution in [0.5, 0.6) is 0 Å². The zero-order valence-electron chi connectivity index (χ0n) is 14.6. The third-order valence-electron chi connectivity index (χ3n) is 4.13. The van der Waals surface area contributed by atoms with E-state index in [0.717, 1.165) is 22.0 Å². The number of hydrogen-bond donors (Lipinski definition) is 2. The van der Waals surface area contributed by atoms with Gasteiger partial charge in [-0.25, -0.2) is 9.78 Å². The summed E-state index contributed by atoms with van der Waals surface area (Å²) < 4.78 is 1.66. The Labute approximate surface area is 150 Å². The Hall–Kier alpha value is -2.42. The van der Waals surface area contributed by atoms with Crippen LogP contribution in [0.1, 0.15) is 28.4 Å². The van der Waals surface area contributed by atoms with Crippen LogP contribution in [0, 0.1) is 13.8 Å². The van der Waals surface area contributed by atoms with Gasteiger partial charge in [-0.1, -0.05) is 0 Å². The van der Waals surface area contributed by atoms with Gasteiger partial charge >= 0.3 is 6.03 Å². The summed E-state index contributed by atoms with van der Waals surface area (Å²) >= 11 is 1.56. The number of thiazole rings is 1. The van der Waals surface area contributed by atoms with Crippen LogP contribution in [0.2, 0.25) is 0 Å². The highest BCUT2D eigenvalue weighted by molar-refractivity contribution is 7.11. The molecule has 2 N–H and O–H groups in total. The fraction of sp³-hybridized carbons (Fsp3) is 0.500. The maximum absolute atomic E-state index is 12.6. The SMILES string of the molecule is Cc1nc(C)c(CNC(=O)N[C@H]2CCCN(c3ccn(C)n3)C2=O)s1. The summed E-state index contributed by atoms with van der Waals surface area (Å²) in [6.45, 7) is 4.89. The number of urea groups is 1. The summed E-state index contributed by atoms with van der Waals surface area (Å²) in [7, 11) is 1.81. The lowest BCUT2D eigenvalue weighted by molar-refractivity contribution is -0.121. The van der Waals surface area contributed by atoms with Gasteiger partial charge in [-0.05, 0) is 26.7 Å². The number of piperidine rings is 1. The Morgan fingerprint density at radius 1 is 1.44 bits per heavy atom. The van der Waals surface area contributed by atoms with E-state index in [-0.39, 0.29) is 11.9 Å². The zero-order chi connectivity index (χ0) is 18.0. The number of hydrogen-bond acceptors (Lipinski definition) is 5. The molecule has 1 saturated heterocycles. The first-order valence-corrected chi connectivity index (χ1v) is 9.04. The summed E-state index contributed by atoms with van der Waals surface area (Å²) in [5.41, 5.74) is 0.929. The van der Waals surface area contributed by atoms with Gasteiger partial charge in [0.1, 0.15) is 6.04 Å². The fourth-order valence-corrected chi connectivity index (χ4v) is 3.77. The van der Waals surface area contributed by atoms with Crippen molar-refractivity contribution in [2.45, 2.75) is 39.3 Å². The minimum absolute atomic E-state index is 0.120. The average molecular weight is 362 g/mol. The molecule has 0 radical (unpaired) electrons. The van der Waals surface area contributed by atoms with Crippen LogP contribution in [0.15, 0.2) is 12.3 Å². The van der Waals surface area contributed by atoms with Gasteiger partial charge in [-0.15, -0.1) is 11.3 Å². The Morgan fingerprint density at radius 3 is 2.88 bits per heavy atom. The molecule has 2 aromatic heterocycles. The fourth-order valence-electron chi connectivity index (χ4n) is 2.89. The van der Waals surface area contributed by atoms with E-state index in [1.54, 1.807) is 33.2 Å². The molecule has 0 saturated carbocycles. The van der Waals surface area contributed by atoms with Gasteiger partial charge in [-0.3, -0.25) is 14.4 Å². The van der Waals surface area contributed by atoms with Crippen molar-refractivity contribution in [1.29, 1.82) is 0 Å². The lowest BCUT2D eigenvalue weighted by Crippen LogP contribution is -2.54. The minimum Gasteiger partial charge on any atom is -0.333 e. The van der Waals surface area contributed by atoms with E-state index in [2.05, 4.69) is 20.7 Å². The monoisotopic (exact) mass is 362 g/mol. The summed E-state index contributed by atoms with van der Waals surface area (Å²) in [6.07, 6.45) is 3.25. The average Bonchev–Trinajstić information content (AvgIpc) is 3.12. The number of aromatic nitrogens is 3. The number of carbonyl (C=O) groups excluding carboxylic acids is 2. The molecule has 25 heavy (non-hydrogen) atoms. The molecule has 8 nitrogen and oxygen atoms in total. The van der Waals surface area contributed by atoms with Crippen LogP contribution >= 0.6 is 11.3 Å². The molecule has 3 rings (SSSR count). The highest BCUT2D eigenvalue weighted by Gasteiger charge is 2.31. The molecule has 134 valence electrons. The number of aryl methyl sites for hydroxylation is 3. The van der Waals surface area contributed by atoms with Gasteiger partial charge in [0.2, 0.25) is 0 Å². The van der Waals surface area contributed by atoms with Crippen molar-refractivity contribution < 1.29 is 9.59 Å². The number of anilines is 1. The van der Waals surface area contributed by atoms with Gasteiger partial charge in [-0.2, -0.15) is 5.10 Å². The Kier molecular flexibility index (Phi) is 5.03. The molecule has 0 aliphatic carbocycles. The van der Waals surface area contributed by atoms with Crippen molar-refractivity contribution in [3.63, 3.8) is 0 Å². The van der Waals surface area contributed by atoms with Crippen molar-refractivity contribution in [3.8, 4) is 0 Å². The van der Waals surface area contributed by atoms with Gasteiger partial charge in [0, 0.05) is 30.7 Å². The first kappa shape index (κ1) is 17.4. The van der Waals surface area contributed by atoms with Crippen molar-refractivity contribution >= 4 is 29.1 Å². The van der Waals surface area contributed by atoms with Crippen molar-refractivity contribution in [2.24, 2.45) is 7.05 Å². The van der Waals surface area contributed by atoms with E-state index in [1.165, 1.54) is 0 Å². The Morgan fingerprint density at radius 2 is 2.24 bits per heavy atom. The third kappa shape index (κ3) is 3.98. The smallest absolute Gasteiger partial charge is 0.315 e. The van der Waals surface area contributed by atoms with Crippen LogP contribution in [-0.2, 0) is 18.4 Å². The molecule has 1 aliphatic rings. The molecule has 3 heterocycles. The van der Waals surface area contributed by atoms with E-state index in [9.17, 15) is 9.59 Å². The molecule has 1 fully saturated rings. The van der Waals surface area contributed by atoms with Gasteiger partial charge < -0.3 is 10.6 Å². The van der Waals surface area contributed by atoms with Crippen LogP contribution in [-0.4, -0.2) is 39.3 Å². The molecule has 9 heteroatoms. The standard InChI is InChI=1S/C16H22N6O2S/c1-10-13(25-11(2)18-10)9-17-16(24)19-12-5-4-7-22(15(12)23)14-6-8-21(3)20-14/h6,8,12H,4-5,7,9H2,1-3H3,(H2,17,19,24)/t12-/m0/s1. The van der Waals surface area contributed by atoms with E-state index in [4.69, 9.17) is 0 Å². The number of nitrogens with one attached hydrogen (secondary N) is 2. The molecule has 0 unspecified atom stereocenters. The lowest BCUT2D eigenvalue weighted by Gasteiger charge is -2.31. The second-order valence-corrected chi connectivity index (χ2v) is 7.39. The minimum atomic E-state index is -0.528. The predicted octanol–water partition coefficient (Wildman–Crippen LogP) is 1.49. The molecule has 1 atom stereocenters. The lowest BCUT2D eigenvalue weighted by atomic mass is 10.1. The van der Waals surface area contributed by atoms with Crippen molar-refractivity contribution in [1.82, 2.24) is 25.4 Å². The van der Waals surface area contributed by atoms with Crippen LogP contribution < -0.4 is 15.5 Å². The summed E-state index contributed by atoms with van der Waals surface area (Å²) in [5.74, 6) is 0.500. The number of rotatable bonds is 4. The second kappa shape index (κ2) is 7.22. The van der Waals surface area contributed by atoms with E-state index >= 15 is 0 Å². The molecule has 0 spiro atoms. The quantitative estimate of drug-likeness (QED) is 0.862. The number of amides is 3. The number of carbonyl (C=O) groups is 2. The summed E-state index contributed by atoms with van der Waals surface area (Å²) in [4.78, 5) is 31.8. The van der Waals surface area contributed by atoms with E-state index in [0.29, 0.717) is 25.3 Å². The first-order valence-electron chi connectivity index (χ1n) is 8.22. The van der Waals surface area contributed by atoms with Crippen LogP contribution in [0.4, 0.5) is 10.6 Å².